The van der Waals surface area contributed by atoms with Crippen LogP contribution in [0.25, 0.3) is 0 Å². The zero-order valence-electron chi connectivity index (χ0n) is 9.37. The van der Waals surface area contributed by atoms with Crippen LogP contribution in [-0.2, 0) is 0 Å². The molecule has 2 aliphatic heterocycles. The Kier molecular flexibility index (Phi) is 3.93. The molecule has 2 saturated heterocycles. The first-order chi connectivity index (χ1) is 7.37. The topological polar surface area (TPSA) is 27.0 Å². The summed E-state index contributed by atoms with van der Waals surface area (Å²) in [7, 11) is 0. The van der Waals surface area contributed by atoms with Crippen LogP contribution >= 0.6 is 11.8 Å². The molecule has 15 heavy (non-hydrogen) atoms. The van der Waals surface area contributed by atoms with Gasteiger partial charge in [0.15, 0.2) is 0 Å². The third-order valence-corrected chi connectivity index (χ3v) is 4.90. The summed E-state index contributed by atoms with van der Waals surface area (Å²) in [6.07, 6.45) is 7.59. The van der Waals surface area contributed by atoms with Crippen molar-refractivity contribution in [3.63, 3.8) is 0 Å². The fraction of sp³-hybridized carbons (Fsp3) is 0.917. The third-order valence-electron chi connectivity index (χ3n) is 3.64. The van der Waals surface area contributed by atoms with Gasteiger partial charge < -0.3 is 0 Å². The Balaban J connectivity index is 2.06. The van der Waals surface area contributed by atoms with E-state index in [1.165, 1.54) is 37.9 Å². The Hall–Kier alpha value is -0.200. The molecule has 84 valence electrons. The van der Waals surface area contributed by atoms with E-state index in [0.717, 1.165) is 25.3 Å². The van der Waals surface area contributed by atoms with Crippen LogP contribution in [0, 0.1) is 11.3 Å². The van der Waals surface area contributed by atoms with Crippen molar-refractivity contribution in [2.24, 2.45) is 0 Å². The summed E-state index contributed by atoms with van der Waals surface area (Å²) in [6, 6.07) is 2.62. The first-order valence-electron chi connectivity index (χ1n) is 6.11. The summed E-state index contributed by atoms with van der Waals surface area (Å²) in [4.78, 5) is 2.48. The van der Waals surface area contributed by atoms with Crippen LogP contribution in [0.15, 0.2) is 0 Å². The number of thioether (sulfide) groups is 1. The number of hydrogen-bond donors (Lipinski definition) is 0. The molecule has 0 saturated carbocycles. The van der Waals surface area contributed by atoms with Gasteiger partial charge in [-0.3, -0.25) is 4.90 Å². The maximum Gasteiger partial charge on any atom is 0.118 e. The van der Waals surface area contributed by atoms with Gasteiger partial charge in [0.2, 0.25) is 0 Å². The molecule has 1 unspecified atom stereocenters. The van der Waals surface area contributed by atoms with Crippen LogP contribution in [0.1, 0.15) is 38.5 Å². The molecule has 2 rings (SSSR count). The highest BCUT2D eigenvalue weighted by atomic mass is 32.2. The quantitative estimate of drug-likeness (QED) is 0.685. The fourth-order valence-corrected chi connectivity index (χ4v) is 3.91. The van der Waals surface area contributed by atoms with Crippen LogP contribution in [0.3, 0.4) is 0 Å². The maximum atomic E-state index is 9.48. The number of nitriles is 1. The van der Waals surface area contributed by atoms with Gasteiger partial charge in [-0.05, 0) is 44.5 Å². The zero-order chi connectivity index (χ0) is 10.6. The molecule has 0 aliphatic carbocycles. The molecule has 0 bridgehead atoms. The highest BCUT2D eigenvalue weighted by Gasteiger charge is 2.38. The molecule has 2 heterocycles. The summed E-state index contributed by atoms with van der Waals surface area (Å²) >= 11 is 1.96. The zero-order valence-corrected chi connectivity index (χ0v) is 10.2. The molecule has 0 radical (unpaired) electrons. The van der Waals surface area contributed by atoms with Gasteiger partial charge in [0, 0.05) is 5.75 Å². The van der Waals surface area contributed by atoms with Crippen molar-refractivity contribution in [1.29, 1.82) is 5.26 Å². The molecule has 2 nitrogen and oxygen atoms in total. The lowest BCUT2D eigenvalue weighted by Crippen LogP contribution is -2.51. The van der Waals surface area contributed by atoms with Crippen LogP contribution in [0.5, 0.6) is 0 Å². The van der Waals surface area contributed by atoms with E-state index < -0.39 is 0 Å². The van der Waals surface area contributed by atoms with Gasteiger partial charge in [-0.2, -0.15) is 17.0 Å². The van der Waals surface area contributed by atoms with Crippen LogP contribution in [0.4, 0.5) is 0 Å². The van der Waals surface area contributed by atoms with Crippen molar-refractivity contribution in [1.82, 2.24) is 4.90 Å². The Morgan fingerprint density at radius 3 is 2.33 bits per heavy atom. The minimum absolute atomic E-state index is 0.118. The Morgan fingerprint density at radius 2 is 1.80 bits per heavy atom. The van der Waals surface area contributed by atoms with Crippen LogP contribution < -0.4 is 0 Å². The van der Waals surface area contributed by atoms with Gasteiger partial charge in [0.25, 0.3) is 0 Å². The highest BCUT2D eigenvalue weighted by molar-refractivity contribution is 7.99. The summed E-state index contributed by atoms with van der Waals surface area (Å²) < 4.78 is 0. The van der Waals surface area contributed by atoms with E-state index in [1.54, 1.807) is 0 Å². The highest BCUT2D eigenvalue weighted by Crippen LogP contribution is 2.33. The molecular weight excluding hydrogens is 204 g/mol. The SMILES string of the molecule is N#CC1(N2CCCCCC2)CCCSC1. The lowest BCUT2D eigenvalue weighted by Gasteiger charge is -2.40. The summed E-state index contributed by atoms with van der Waals surface area (Å²) in [5, 5.41) is 9.48. The maximum absolute atomic E-state index is 9.48. The van der Waals surface area contributed by atoms with E-state index in [-0.39, 0.29) is 5.54 Å². The molecule has 2 aliphatic rings. The number of likely N-dealkylation sites (tertiary alicyclic amines) is 1. The monoisotopic (exact) mass is 224 g/mol. The van der Waals surface area contributed by atoms with E-state index in [4.69, 9.17) is 0 Å². The Morgan fingerprint density at radius 1 is 1.07 bits per heavy atom. The molecule has 0 aromatic rings. The minimum atomic E-state index is -0.118. The molecule has 0 N–H and O–H groups in total. The van der Waals surface area contributed by atoms with Gasteiger partial charge >= 0.3 is 0 Å². The molecule has 1 atom stereocenters. The second-order valence-corrected chi connectivity index (χ2v) is 5.81. The normalized spacial score (nSPS) is 34.3. The first-order valence-corrected chi connectivity index (χ1v) is 7.27. The van der Waals surface area contributed by atoms with Gasteiger partial charge in [-0.1, -0.05) is 12.8 Å². The standard InChI is InChI=1S/C12H20N2S/c13-10-12(6-5-9-15-11-12)14-7-3-1-2-4-8-14/h1-9,11H2. The number of rotatable bonds is 1. The summed E-state index contributed by atoms with van der Waals surface area (Å²) in [5.41, 5.74) is -0.118. The number of nitrogens with zero attached hydrogens (tertiary/aromatic N) is 2. The summed E-state index contributed by atoms with van der Waals surface area (Å²) in [6.45, 7) is 2.29. The van der Waals surface area contributed by atoms with Crippen molar-refractivity contribution in [3.05, 3.63) is 0 Å². The van der Waals surface area contributed by atoms with E-state index >= 15 is 0 Å². The van der Waals surface area contributed by atoms with Crippen molar-refractivity contribution in [2.45, 2.75) is 44.1 Å². The largest absolute Gasteiger partial charge is 0.285 e. The molecule has 0 aromatic carbocycles. The average molecular weight is 224 g/mol. The second kappa shape index (κ2) is 5.23. The molecule has 3 heteroatoms. The van der Waals surface area contributed by atoms with Gasteiger partial charge in [0.1, 0.15) is 5.54 Å². The lowest BCUT2D eigenvalue weighted by molar-refractivity contribution is 0.149. The minimum Gasteiger partial charge on any atom is -0.285 e. The first kappa shape index (κ1) is 11.3. The van der Waals surface area contributed by atoms with E-state index in [1.807, 2.05) is 11.8 Å². The Labute approximate surface area is 97.0 Å². The third kappa shape index (κ3) is 2.49. The van der Waals surface area contributed by atoms with Gasteiger partial charge in [0.05, 0.1) is 6.07 Å². The second-order valence-electron chi connectivity index (χ2n) is 4.70. The van der Waals surface area contributed by atoms with Crippen molar-refractivity contribution in [3.8, 4) is 6.07 Å². The van der Waals surface area contributed by atoms with Crippen LogP contribution in [0.2, 0.25) is 0 Å². The Bertz CT molecular complexity index is 232. The number of hydrogen-bond acceptors (Lipinski definition) is 3. The van der Waals surface area contributed by atoms with E-state index in [9.17, 15) is 5.26 Å². The molecular formula is C12H20N2S. The van der Waals surface area contributed by atoms with Crippen LogP contribution in [-0.4, -0.2) is 35.0 Å². The molecule has 2 fully saturated rings. The summed E-state index contributed by atoms with van der Waals surface area (Å²) in [5.74, 6) is 2.28. The van der Waals surface area contributed by atoms with Gasteiger partial charge in [-0.25, -0.2) is 0 Å². The fourth-order valence-electron chi connectivity index (χ4n) is 2.69. The molecule has 0 amide bonds. The molecule has 0 aromatic heterocycles. The van der Waals surface area contributed by atoms with Crippen molar-refractivity contribution < 1.29 is 0 Å². The van der Waals surface area contributed by atoms with E-state index in [0.29, 0.717) is 0 Å². The van der Waals surface area contributed by atoms with Crippen molar-refractivity contribution in [2.75, 3.05) is 24.6 Å². The van der Waals surface area contributed by atoms with Gasteiger partial charge in [-0.15, -0.1) is 0 Å². The lowest BCUT2D eigenvalue weighted by atomic mass is 9.94. The predicted octanol–water partition coefficient (Wildman–Crippen LogP) is 2.65. The molecule has 0 spiro atoms. The average Bonchev–Trinajstić information content (AvgIpc) is 2.59. The predicted molar refractivity (Wildman–Crippen MR) is 64.9 cm³/mol. The smallest absolute Gasteiger partial charge is 0.118 e. The van der Waals surface area contributed by atoms with E-state index in [2.05, 4.69) is 11.0 Å². The van der Waals surface area contributed by atoms with Crippen molar-refractivity contribution >= 4 is 11.8 Å².